The zero-order valence-corrected chi connectivity index (χ0v) is 25.7. The molecule has 42 heavy (non-hydrogen) atoms. The van der Waals surface area contributed by atoms with E-state index in [0.717, 1.165) is 55.7 Å². The molecule has 3 aliphatic rings. The predicted molar refractivity (Wildman–Crippen MR) is 162 cm³/mol. The number of amides is 2. The van der Waals surface area contributed by atoms with Crippen molar-refractivity contribution in [3.63, 3.8) is 0 Å². The Morgan fingerprint density at radius 1 is 1.21 bits per heavy atom. The summed E-state index contributed by atoms with van der Waals surface area (Å²) in [6.07, 6.45) is 0.155. The molecule has 5 rings (SSSR count). The van der Waals surface area contributed by atoms with Crippen molar-refractivity contribution in [3.8, 4) is 11.3 Å². The normalized spacial score (nSPS) is 23.7. The van der Waals surface area contributed by atoms with E-state index < -0.39 is 29.6 Å². The molecule has 4 heterocycles. The van der Waals surface area contributed by atoms with E-state index >= 15 is 0 Å². The van der Waals surface area contributed by atoms with Gasteiger partial charge in [-0.3, -0.25) is 19.3 Å². The maximum atomic E-state index is 13.8. The highest BCUT2D eigenvalue weighted by Crippen LogP contribution is 2.33. The Kier molecular flexibility index (Phi) is 9.28. The quantitative estimate of drug-likeness (QED) is 0.419. The van der Waals surface area contributed by atoms with E-state index in [1.165, 1.54) is 4.90 Å². The van der Waals surface area contributed by atoms with Gasteiger partial charge in [0.1, 0.15) is 24.8 Å². The largest absolute Gasteiger partial charge is 0.383 e. The smallest absolute Gasteiger partial charge is 0.251 e. The standard InChI is InChI=1S/C30H42N6O5S/c1-5-30(2,3)26(28(39)36-16-21(31)25-24(36)23(37)17-41-25)33-27(38)20-8-6-19(7-9-20)22-18-42-29(32-22)35-12-10-34(11-13-35)14-15-40-4/h6-9,18,21,24-26H,5,10-17,31H2,1-4H3,(H,33,38)/t21-,24+,25+,26+/m0/s1. The van der Waals surface area contributed by atoms with Crippen molar-refractivity contribution in [2.75, 3.05) is 64.5 Å². The third-order valence-electron chi connectivity index (χ3n) is 8.91. The van der Waals surface area contributed by atoms with Crippen LogP contribution in [0.2, 0.25) is 0 Å². The van der Waals surface area contributed by atoms with Crippen LogP contribution in [0.1, 0.15) is 37.6 Å². The number of ether oxygens (including phenoxy) is 2. The molecular formula is C30H42N6O5S. The lowest BCUT2D eigenvalue weighted by Crippen LogP contribution is -2.57. The summed E-state index contributed by atoms with van der Waals surface area (Å²) < 4.78 is 10.8. The van der Waals surface area contributed by atoms with Crippen molar-refractivity contribution < 1.29 is 23.9 Å². The lowest BCUT2D eigenvalue weighted by molar-refractivity contribution is -0.140. The molecule has 2 amide bonds. The van der Waals surface area contributed by atoms with Gasteiger partial charge < -0.3 is 30.3 Å². The summed E-state index contributed by atoms with van der Waals surface area (Å²) in [7, 11) is 1.73. The van der Waals surface area contributed by atoms with E-state index in [2.05, 4.69) is 15.1 Å². The molecule has 3 saturated heterocycles. The van der Waals surface area contributed by atoms with E-state index in [1.807, 2.05) is 38.3 Å². The zero-order chi connectivity index (χ0) is 30.0. The van der Waals surface area contributed by atoms with Crippen LogP contribution in [0.5, 0.6) is 0 Å². The second-order valence-electron chi connectivity index (χ2n) is 12.0. The number of Topliss-reactive ketones (excluding diaryl/α,β-unsaturated/α-hetero) is 1. The number of nitrogens with one attached hydrogen (secondary N) is 1. The minimum absolute atomic E-state index is 0.0423. The van der Waals surface area contributed by atoms with Crippen LogP contribution in [0.25, 0.3) is 11.3 Å². The molecule has 0 radical (unpaired) electrons. The third kappa shape index (κ3) is 6.23. The van der Waals surface area contributed by atoms with Crippen molar-refractivity contribution in [2.24, 2.45) is 11.1 Å². The van der Waals surface area contributed by atoms with Gasteiger partial charge in [-0.1, -0.05) is 32.9 Å². The van der Waals surface area contributed by atoms with Gasteiger partial charge in [0, 0.05) is 62.9 Å². The fourth-order valence-corrected chi connectivity index (χ4v) is 6.70. The monoisotopic (exact) mass is 598 g/mol. The summed E-state index contributed by atoms with van der Waals surface area (Å²) in [5, 5.41) is 6.02. The minimum Gasteiger partial charge on any atom is -0.383 e. The second kappa shape index (κ2) is 12.8. The van der Waals surface area contributed by atoms with Crippen molar-refractivity contribution in [3.05, 3.63) is 35.2 Å². The van der Waals surface area contributed by atoms with Crippen molar-refractivity contribution in [2.45, 2.75) is 51.4 Å². The number of methoxy groups -OCH3 is 1. The Morgan fingerprint density at radius 3 is 2.60 bits per heavy atom. The van der Waals surface area contributed by atoms with Crippen LogP contribution in [-0.4, -0.2) is 116 Å². The van der Waals surface area contributed by atoms with Crippen LogP contribution in [-0.2, 0) is 19.1 Å². The van der Waals surface area contributed by atoms with Gasteiger partial charge in [-0.25, -0.2) is 4.98 Å². The molecule has 228 valence electrons. The maximum absolute atomic E-state index is 13.8. The van der Waals surface area contributed by atoms with Crippen molar-refractivity contribution in [1.82, 2.24) is 20.1 Å². The zero-order valence-electron chi connectivity index (χ0n) is 24.9. The summed E-state index contributed by atoms with van der Waals surface area (Å²) in [5.41, 5.74) is 7.89. The molecule has 0 saturated carbocycles. The number of thiazole rings is 1. The molecule has 2 aromatic rings. The first-order chi connectivity index (χ1) is 20.1. The van der Waals surface area contributed by atoms with Gasteiger partial charge in [-0.05, 0) is 24.0 Å². The van der Waals surface area contributed by atoms with Gasteiger partial charge in [-0.15, -0.1) is 11.3 Å². The summed E-state index contributed by atoms with van der Waals surface area (Å²) in [4.78, 5) is 50.8. The van der Waals surface area contributed by atoms with E-state index in [1.54, 1.807) is 30.6 Å². The molecule has 3 aliphatic heterocycles. The maximum Gasteiger partial charge on any atom is 0.251 e. The Hall–Kier alpha value is -2.90. The average molecular weight is 599 g/mol. The summed E-state index contributed by atoms with van der Waals surface area (Å²) >= 11 is 1.62. The van der Waals surface area contributed by atoms with Gasteiger partial charge in [0.15, 0.2) is 10.9 Å². The van der Waals surface area contributed by atoms with Gasteiger partial charge in [0.25, 0.3) is 5.91 Å². The van der Waals surface area contributed by atoms with Gasteiger partial charge in [-0.2, -0.15) is 0 Å². The van der Waals surface area contributed by atoms with Gasteiger partial charge >= 0.3 is 0 Å². The number of rotatable bonds is 10. The highest BCUT2D eigenvalue weighted by molar-refractivity contribution is 7.14. The minimum atomic E-state index is -0.829. The number of nitrogens with zero attached hydrogens (tertiary/aromatic N) is 4. The van der Waals surface area contributed by atoms with E-state index in [0.29, 0.717) is 12.0 Å². The lowest BCUT2D eigenvalue weighted by Gasteiger charge is -2.36. The molecule has 3 fully saturated rings. The molecule has 0 aliphatic carbocycles. The average Bonchev–Trinajstić information content (AvgIpc) is 3.72. The topological polar surface area (TPSA) is 130 Å². The molecular weight excluding hydrogens is 556 g/mol. The molecule has 0 unspecified atom stereocenters. The van der Waals surface area contributed by atoms with E-state index in [4.69, 9.17) is 20.2 Å². The number of piperazine rings is 1. The molecule has 0 spiro atoms. The Bertz CT molecular complexity index is 1280. The van der Waals surface area contributed by atoms with Crippen LogP contribution in [0.3, 0.4) is 0 Å². The Balaban J connectivity index is 1.25. The fraction of sp³-hybridized carbons (Fsp3) is 0.600. The number of benzene rings is 1. The molecule has 11 nitrogen and oxygen atoms in total. The molecule has 12 heteroatoms. The predicted octanol–water partition coefficient (Wildman–Crippen LogP) is 1.62. The number of aromatic nitrogens is 1. The Morgan fingerprint density at radius 2 is 1.93 bits per heavy atom. The first-order valence-corrected chi connectivity index (χ1v) is 15.5. The van der Waals surface area contributed by atoms with E-state index in [-0.39, 0.29) is 30.7 Å². The highest BCUT2D eigenvalue weighted by atomic mass is 32.1. The number of anilines is 1. The summed E-state index contributed by atoms with van der Waals surface area (Å²) in [5.74, 6) is -0.797. The van der Waals surface area contributed by atoms with Gasteiger partial charge in [0.05, 0.1) is 18.3 Å². The van der Waals surface area contributed by atoms with Crippen LogP contribution in [0, 0.1) is 5.41 Å². The number of hydrogen-bond donors (Lipinski definition) is 2. The lowest BCUT2D eigenvalue weighted by atomic mass is 9.80. The molecule has 3 N–H and O–H groups in total. The van der Waals surface area contributed by atoms with Crippen LogP contribution < -0.4 is 16.0 Å². The summed E-state index contributed by atoms with van der Waals surface area (Å²) in [6.45, 7) is 11.6. The molecule has 4 atom stereocenters. The SMILES string of the molecule is CCC(C)(C)[C@H](NC(=O)c1ccc(-c2csc(N3CCN(CCOC)CC3)n2)cc1)C(=O)N1C[C@H](N)[C@H]2OCC(=O)[C@H]21. The van der Waals surface area contributed by atoms with Crippen LogP contribution in [0.4, 0.5) is 5.13 Å². The third-order valence-corrected chi connectivity index (χ3v) is 9.81. The Labute approximate surface area is 251 Å². The molecule has 0 bridgehead atoms. The first kappa shape index (κ1) is 30.6. The van der Waals surface area contributed by atoms with E-state index in [9.17, 15) is 14.4 Å². The van der Waals surface area contributed by atoms with Gasteiger partial charge in [0.2, 0.25) is 5.91 Å². The van der Waals surface area contributed by atoms with Crippen LogP contribution >= 0.6 is 11.3 Å². The number of likely N-dealkylation sites (tertiary alicyclic amines) is 1. The second-order valence-corrected chi connectivity index (χ2v) is 12.8. The molecule has 1 aromatic heterocycles. The van der Waals surface area contributed by atoms with Crippen molar-refractivity contribution in [1.29, 1.82) is 0 Å². The number of fused-ring (bicyclic) bond motifs is 1. The number of hydrogen-bond acceptors (Lipinski definition) is 10. The number of carbonyl (C=O) groups is 3. The van der Waals surface area contributed by atoms with Crippen LogP contribution in [0.15, 0.2) is 29.6 Å². The number of ketones is 1. The molecule has 1 aromatic carbocycles. The highest BCUT2D eigenvalue weighted by Gasteiger charge is 2.53. The fourth-order valence-electron chi connectivity index (χ4n) is 5.81. The summed E-state index contributed by atoms with van der Waals surface area (Å²) in [6, 6.07) is 5.33. The first-order valence-electron chi connectivity index (χ1n) is 14.7. The number of carbonyl (C=O) groups excluding carboxylic acids is 3. The number of nitrogens with two attached hydrogens (primary N) is 1. The van der Waals surface area contributed by atoms with Crippen molar-refractivity contribution >= 4 is 34.1 Å².